The number of hydrogen-bond acceptors (Lipinski definition) is 6. The Bertz CT molecular complexity index is 1250. The van der Waals surface area contributed by atoms with E-state index in [-0.39, 0.29) is 31.1 Å². The van der Waals surface area contributed by atoms with Crippen molar-refractivity contribution in [2.75, 3.05) is 13.2 Å². The van der Waals surface area contributed by atoms with Crippen LogP contribution in [-0.4, -0.2) is 37.2 Å². The summed E-state index contributed by atoms with van der Waals surface area (Å²) in [7, 11) is 0. The maximum absolute atomic E-state index is 12.9. The molecule has 0 radical (unpaired) electrons. The standard InChI is InChI=1S/C63H112O6/c1-4-7-10-13-16-19-22-24-26-28-30-31-33-34-36-38-41-44-47-50-53-56-62(65)68-59-60(58-67-61(64)55-52-49-46-43-40-21-18-15-12-9-6-3)69-63(66)57-54-51-48-45-42-39-37-35-32-29-27-25-23-20-17-14-11-8-5-2/h17,20,22,24-25,27-28,30,32,35,60H,4-16,18-19,21,23,26,29,31,33-34,36-59H2,1-3H3/b20-17-,24-22-,27-25-,30-28-,35-32-. The van der Waals surface area contributed by atoms with E-state index in [4.69, 9.17) is 14.2 Å². The first-order chi connectivity index (χ1) is 34.0. The molecule has 6 nitrogen and oxygen atoms in total. The SMILES string of the molecule is CCCCC/C=C\C/C=C\C/C=C\CCCCCCCCC(=O)OC(COC(=O)CCCCCCCCCCC/C=C\C/C=C\CCCCCCC)COC(=O)CCCCCCCCCCCCC. The van der Waals surface area contributed by atoms with Gasteiger partial charge in [0.1, 0.15) is 13.2 Å². The summed E-state index contributed by atoms with van der Waals surface area (Å²) in [5.74, 6) is -0.884. The maximum atomic E-state index is 12.9. The normalized spacial score (nSPS) is 12.4. The Kier molecular flexibility index (Phi) is 55.3. The highest BCUT2D eigenvalue weighted by molar-refractivity contribution is 5.71. The monoisotopic (exact) mass is 965 g/mol. The summed E-state index contributed by atoms with van der Waals surface area (Å²) >= 11 is 0. The van der Waals surface area contributed by atoms with Crippen molar-refractivity contribution in [1.29, 1.82) is 0 Å². The Morgan fingerprint density at radius 1 is 0.290 bits per heavy atom. The third-order valence-corrected chi connectivity index (χ3v) is 13.0. The zero-order valence-corrected chi connectivity index (χ0v) is 45.8. The van der Waals surface area contributed by atoms with Crippen molar-refractivity contribution in [3.63, 3.8) is 0 Å². The summed E-state index contributed by atoms with van der Waals surface area (Å²) in [6.07, 6.45) is 72.1. The fourth-order valence-corrected chi connectivity index (χ4v) is 8.48. The molecule has 0 amide bonds. The molecular weight excluding hydrogens is 853 g/mol. The van der Waals surface area contributed by atoms with Crippen LogP contribution >= 0.6 is 0 Å². The third kappa shape index (κ3) is 55.9. The van der Waals surface area contributed by atoms with Gasteiger partial charge in [0.25, 0.3) is 0 Å². The molecule has 0 rings (SSSR count). The second kappa shape index (κ2) is 57.7. The van der Waals surface area contributed by atoms with Crippen molar-refractivity contribution < 1.29 is 28.6 Å². The van der Waals surface area contributed by atoms with E-state index in [1.807, 2.05) is 0 Å². The molecule has 0 aliphatic carbocycles. The Morgan fingerprint density at radius 2 is 0.522 bits per heavy atom. The molecule has 0 bridgehead atoms. The van der Waals surface area contributed by atoms with Crippen LogP contribution < -0.4 is 0 Å². The predicted octanol–water partition coefficient (Wildman–Crippen LogP) is 20.0. The van der Waals surface area contributed by atoms with E-state index >= 15 is 0 Å². The molecule has 1 atom stereocenters. The number of allylic oxidation sites excluding steroid dienone is 10. The van der Waals surface area contributed by atoms with Gasteiger partial charge in [-0.3, -0.25) is 14.4 Å². The van der Waals surface area contributed by atoms with Crippen LogP contribution in [0.2, 0.25) is 0 Å². The summed E-state index contributed by atoms with van der Waals surface area (Å²) in [5.41, 5.74) is 0. The molecule has 0 spiro atoms. The van der Waals surface area contributed by atoms with Crippen molar-refractivity contribution in [2.45, 2.75) is 309 Å². The molecule has 0 aromatic carbocycles. The first kappa shape index (κ1) is 66.1. The van der Waals surface area contributed by atoms with Gasteiger partial charge in [0.2, 0.25) is 0 Å². The lowest BCUT2D eigenvalue weighted by molar-refractivity contribution is -0.167. The van der Waals surface area contributed by atoms with Gasteiger partial charge in [-0.05, 0) is 89.9 Å². The van der Waals surface area contributed by atoms with Gasteiger partial charge in [0.05, 0.1) is 0 Å². The Balaban J connectivity index is 4.33. The average Bonchev–Trinajstić information content (AvgIpc) is 3.35. The number of esters is 3. The van der Waals surface area contributed by atoms with Gasteiger partial charge in [0.15, 0.2) is 6.10 Å². The van der Waals surface area contributed by atoms with Crippen LogP contribution in [0, 0.1) is 0 Å². The van der Waals surface area contributed by atoms with Gasteiger partial charge in [-0.15, -0.1) is 0 Å². The van der Waals surface area contributed by atoms with E-state index in [2.05, 4.69) is 81.5 Å². The lowest BCUT2D eigenvalue weighted by Gasteiger charge is -2.18. The minimum Gasteiger partial charge on any atom is -0.462 e. The van der Waals surface area contributed by atoms with Crippen molar-refractivity contribution >= 4 is 17.9 Å². The first-order valence-corrected chi connectivity index (χ1v) is 29.8. The Labute approximate surface area is 428 Å². The van der Waals surface area contributed by atoms with Crippen LogP contribution in [0.1, 0.15) is 303 Å². The molecule has 0 aromatic rings. The number of carbonyl (C=O) groups is 3. The van der Waals surface area contributed by atoms with Gasteiger partial charge in [-0.1, -0.05) is 255 Å². The molecule has 0 aliphatic rings. The Hall–Kier alpha value is -2.89. The topological polar surface area (TPSA) is 78.9 Å². The molecule has 0 saturated carbocycles. The minimum absolute atomic E-state index is 0.0786. The molecule has 0 saturated heterocycles. The van der Waals surface area contributed by atoms with E-state index in [0.29, 0.717) is 19.3 Å². The summed E-state index contributed by atoms with van der Waals surface area (Å²) in [5, 5.41) is 0. The quantitative estimate of drug-likeness (QED) is 0.0262. The number of unbranched alkanes of at least 4 members (excludes halogenated alkanes) is 33. The highest BCUT2D eigenvalue weighted by Crippen LogP contribution is 2.16. The highest BCUT2D eigenvalue weighted by atomic mass is 16.6. The Morgan fingerprint density at radius 3 is 0.841 bits per heavy atom. The number of carbonyl (C=O) groups excluding carboxylic acids is 3. The van der Waals surface area contributed by atoms with Gasteiger partial charge < -0.3 is 14.2 Å². The highest BCUT2D eigenvalue weighted by Gasteiger charge is 2.19. The fourth-order valence-electron chi connectivity index (χ4n) is 8.48. The third-order valence-electron chi connectivity index (χ3n) is 13.0. The fraction of sp³-hybridized carbons (Fsp3) is 0.794. The molecule has 0 aliphatic heterocycles. The zero-order valence-electron chi connectivity index (χ0n) is 45.8. The van der Waals surface area contributed by atoms with Crippen molar-refractivity contribution in [2.24, 2.45) is 0 Å². The maximum Gasteiger partial charge on any atom is 0.306 e. The van der Waals surface area contributed by atoms with Gasteiger partial charge in [-0.25, -0.2) is 0 Å². The van der Waals surface area contributed by atoms with Crippen LogP contribution in [0.5, 0.6) is 0 Å². The molecule has 0 fully saturated rings. The van der Waals surface area contributed by atoms with Crippen molar-refractivity contribution in [3.05, 3.63) is 60.8 Å². The molecule has 1 unspecified atom stereocenters. The molecule has 400 valence electrons. The largest absolute Gasteiger partial charge is 0.462 e. The van der Waals surface area contributed by atoms with E-state index in [9.17, 15) is 14.4 Å². The second-order valence-electron chi connectivity index (χ2n) is 19.9. The van der Waals surface area contributed by atoms with Crippen LogP contribution in [0.4, 0.5) is 0 Å². The second-order valence-corrected chi connectivity index (χ2v) is 19.9. The lowest BCUT2D eigenvalue weighted by atomic mass is 10.1. The van der Waals surface area contributed by atoms with Crippen molar-refractivity contribution in [3.8, 4) is 0 Å². The van der Waals surface area contributed by atoms with E-state index in [0.717, 1.165) is 89.9 Å². The molecule has 0 aromatic heterocycles. The molecule has 69 heavy (non-hydrogen) atoms. The smallest absolute Gasteiger partial charge is 0.306 e. The van der Waals surface area contributed by atoms with Crippen LogP contribution in [0.15, 0.2) is 60.8 Å². The predicted molar refractivity (Wildman–Crippen MR) is 298 cm³/mol. The molecule has 6 heteroatoms. The van der Waals surface area contributed by atoms with Gasteiger partial charge in [0, 0.05) is 19.3 Å². The van der Waals surface area contributed by atoms with Crippen molar-refractivity contribution in [1.82, 2.24) is 0 Å². The van der Waals surface area contributed by atoms with Crippen LogP contribution in [0.3, 0.4) is 0 Å². The lowest BCUT2D eigenvalue weighted by Crippen LogP contribution is -2.30. The van der Waals surface area contributed by atoms with Gasteiger partial charge in [-0.2, -0.15) is 0 Å². The van der Waals surface area contributed by atoms with E-state index in [1.165, 1.54) is 173 Å². The summed E-state index contributed by atoms with van der Waals surface area (Å²) in [4.78, 5) is 38.2. The van der Waals surface area contributed by atoms with E-state index < -0.39 is 6.10 Å². The van der Waals surface area contributed by atoms with Gasteiger partial charge >= 0.3 is 17.9 Å². The number of hydrogen-bond donors (Lipinski definition) is 0. The first-order valence-electron chi connectivity index (χ1n) is 29.8. The average molecular weight is 966 g/mol. The summed E-state index contributed by atoms with van der Waals surface area (Å²) < 4.78 is 16.9. The summed E-state index contributed by atoms with van der Waals surface area (Å²) in [6, 6.07) is 0. The van der Waals surface area contributed by atoms with Crippen LogP contribution in [0.25, 0.3) is 0 Å². The minimum atomic E-state index is -0.781. The molecular formula is C63H112O6. The zero-order chi connectivity index (χ0) is 50.0. The number of rotatable bonds is 54. The summed E-state index contributed by atoms with van der Waals surface area (Å²) in [6.45, 7) is 6.61. The molecule has 0 heterocycles. The van der Waals surface area contributed by atoms with E-state index in [1.54, 1.807) is 0 Å². The molecule has 0 N–H and O–H groups in total. The van der Waals surface area contributed by atoms with Crippen LogP contribution in [-0.2, 0) is 28.6 Å². The number of ether oxygens (including phenoxy) is 3.